The first-order valence-corrected chi connectivity index (χ1v) is 10.2. The lowest BCUT2D eigenvalue weighted by Gasteiger charge is -2.30. The number of nitrogens with zero attached hydrogens (tertiary/aromatic N) is 1. The van der Waals surface area contributed by atoms with Crippen LogP contribution in [0.15, 0.2) is 4.99 Å². The first-order valence-electron chi connectivity index (χ1n) is 10.2. The molecule has 25 heavy (non-hydrogen) atoms. The maximum Gasteiger partial charge on any atom is 0.223 e. The van der Waals surface area contributed by atoms with Crippen molar-refractivity contribution >= 4 is 11.9 Å². The predicted molar refractivity (Wildman–Crippen MR) is 99.6 cm³/mol. The summed E-state index contributed by atoms with van der Waals surface area (Å²) >= 11 is 0. The van der Waals surface area contributed by atoms with Crippen LogP contribution in [0.5, 0.6) is 0 Å². The lowest BCUT2D eigenvalue weighted by Crippen LogP contribution is -2.47. The highest BCUT2D eigenvalue weighted by atomic mass is 16.5. The van der Waals surface area contributed by atoms with Gasteiger partial charge in [0.1, 0.15) is 0 Å². The standard InChI is InChI=1S/C19H34N4O2/c1-2-20-19(21-10-11-25-13-14-6-7-14)23-17-5-3-4-15(12-17)18(24)22-16-8-9-16/h14-17H,2-13H2,1H3,(H,22,24)(H2,20,21,23). The lowest BCUT2D eigenvalue weighted by molar-refractivity contribution is -0.126. The van der Waals surface area contributed by atoms with Gasteiger partial charge in [-0.2, -0.15) is 0 Å². The number of hydrogen-bond acceptors (Lipinski definition) is 3. The van der Waals surface area contributed by atoms with Gasteiger partial charge in [0.15, 0.2) is 5.96 Å². The number of amides is 1. The van der Waals surface area contributed by atoms with Crippen LogP contribution >= 0.6 is 0 Å². The largest absolute Gasteiger partial charge is 0.379 e. The fourth-order valence-corrected chi connectivity index (χ4v) is 3.38. The Morgan fingerprint density at radius 3 is 2.64 bits per heavy atom. The van der Waals surface area contributed by atoms with Crippen molar-refractivity contribution in [3.8, 4) is 0 Å². The van der Waals surface area contributed by atoms with Gasteiger partial charge in [-0.25, -0.2) is 0 Å². The van der Waals surface area contributed by atoms with E-state index in [0.29, 0.717) is 25.2 Å². The Kier molecular flexibility index (Phi) is 6.96. The molecule has 0 saturated heterocycles. The Hall–Kier alpha value is -1.30. The van der Waals surface area contributed by atoms with Gasteiger partial charge in [0.25, 0.3) is 0 Å². The molecular weight excluding hydrogens is 316 g/mol. The van der Waals surface area contributed by atoms with Crippen LogP contribution in [0.1, 0.15) is 58.3 Å². The smallest absolute Gasteiger partial charge is 0.223 e. The van der Waals surface area contributed by atoms with Crippen molar-refractivity contribution in [2.45, 2.75) is 70.4 Å². The van der Waals surface area contributed by atoms with Crippen LogP contribution in [0.4, 0.5) is 0 Å². The molecule has 0 heterocycles. The zero-order valence-corrected chi connectivity index (χ0v) is 15.6. The van der Waals surface area contributed by atoms with Crippen LogP contribution in [0.25, 0.3) is 0 Å². The Morgan fingerprint density at radius 2 is 1.92 bits per heavy atom. The van der Waals surface area contributed by atoms with Crippen LogP contribution in [-0.4, -0.2) is 50.3 Å². The highest BCUT2D eigenvalue weighted by Gasteiger charge is 2.31. The fraction of sp³-hybridized carbons (Fsp3) is 0.895. The van der Waals surface area contributed by atoms with E-state index in [-0.39, 0.29) is 11.8 Å². The Labute approximate surface area is 151 Å². The van der Waals surface area contributed by atoms with E-state index in [0.717, 1.165) is 63.6 Å². The number of carbonyl (C=O) groups excluding carboxylic acids is 1. The summed E-state index contributed by atoms with van der Waals surface area (Å²) in [6.45, 7) is 5.17. The van der Waals surface area contributed by atoms with Crippen molar-refractivity contribution in [3.05, 3.63) is 0 Å². The molecule has 0 aliphatic heterocycles. The second kappa shape index (κ2) is 9.41. The van der Waals surface area contributed by atoms with Crippen LogP contribution < -0.4 is 16.0 Å². The molecule has 3 aliphatic rings. The van der Waals surface area contributed by atoms with E-state index in [1.165, 1.54) is 12.8 Å². The van der Waals surface area contributed by atoms with E-state index in [1.807, 2.05) is 0 Å². The minimum absolute atomic E-state index is 0.150. The normalized spacial score (nSPS) is 27.0. The van der Waals surface area contributed by atoms with Gasteiger partial charge in [0.2, 0.25) is 5.91 Å². The number of carbonyl (C=O) groups is 1. The molecule has 0 radical (unpaired) electrons. The zero-order chi connectivity index (χ0) is 17.5. The van der Waals surface area contributed by atoms with Gasteiger partial charge in [-0.15, -0.1) is 0 Å². The molecule has 2 atom stereocenters. The maximum absolute atomic E-state index is 12.3. The monoisotopic (exact) mass is 350 g/mol. The molecule has 3 aliphatic carbocycles. The molecule has 2 unspecified atom stereocenters. The van der Waals surface area contributed by atoms with Crippen LogP contribution in [0.2, 0.25) is 0 Å². The number of aliphatic imine (C=N–C) groups is 1. The van der Waals surface area contributed by atoms with Crippen molar-refractivity contribution in [1.29, 1.82) is 0 Å². The van der Waals surface area contributed by atoms with Gasteiger partial charge in [-0.05, 0) is 57.8 Å². The summed E-state index contributed by atoms with van der Waals surface area (Å²) in [5.41, 5.74) is 0. The number of rotatable bonds is 9. The second-order valence-corrected chi connectivity index (χ2v) is 7.77. The Bertz CT molecular complexity index is 460. The summed E-state index contributed by atoms with van der Waals surface area (Å²) in [5.74, 6) is 2.06. The summed E-state index contributed by atoms with van der Waals surface area (Å²) in [7, 11) is 0. The molecule has 6 heteroatoms. The minimum Gasteiger partial charge on any atom is -0.379 e. The van der Waals surface area contributed by atoms with Crippen molar-refractivity contribution in [2.75, 3.05) is 26.3 Å². The molecule has 142 valence electrons. The minimum atomic E-state index is 0.150. The van der Waals surface area contributed by atoms with E-state index < -0.39 is 0 Å². The summed E-state index contributed by atoms with van der Waals surface area (Å²) in [6, 6.07) is 0.782. The van der Waals surface area contributed by atoms with Crippen LogP contribution in [0, 0.1) is 11.8 Å². The van der Waals surface area contributed by atoms with Gasteiger partial charge in [0.05, 0.1) is 13.2 Å². The predicted octanol–water partition coefficient (Wildman–Crippen LogP) is 1.81. The molecule has 0 aromatic rings. The van der Waals surface area contributed by atoms with Gasteiger partial charge in [-0.3, -0.25) is 9.79 Å². The highest BCUT2D eigenvalue weighted by molar-refractivity contribution is 5.81. The molecule has 0 bridgehead atoms. The first kappa shape index (κ1) is 18.5. The third-order valence-corrected chi connectivity index (χ3v) is 5.21. The lowest BCUT2D eigenvalue weighted by atomic mass is 9.85. The maximum atomic E-state index is 12.3. The van der Waals surface area contributed by atoms with Gasteiger partial charge in [0, 0.05) is 31.2 Å². The molecule has 3 N–H and O–H groups in total. The molecule has 3 saturated carbocycles. The van der Waals surface area contributed by atoms with E-state index in [4.69, 9.17) is 4.74 Å². The van der Waals surface area contributed by atoms with Crippen molar-refractivity contribution in [3.63, 3.8) is 0 Å². The molecule has 0 aromatic heterocycles. The average Bonchev–Trinajstić information content (AvgIpc) is 3.50. The molecule has 6 nitrogen and oxygen atoms in total. The fourth-order valence-electron chi connectivity index (χ4n) is 3.38. The molecule has 3 fully saturated rings. The van der Waals surface area contributed by atoms with E-state index in [9.17, 15) is 4.79 Å². The summed E-state index contributed by atoms with van der Waals surface area (Å²) in [4.78, 5) is 16.9. The molecule has 3 rings (SSSR count). The number of ether oxygens (including phenoxy) is 1. The summed E-state index contributed by atoms with van der Waals surface area (Å²) in [6.07, 6.45) is 9.08. The van der Waals surface area contributed by atoms with Crippen molar-refractivity contribution in [1.82, 2.24) is 16.0 Å². The van der Waals surface area contributed by atoms with Crippen molar-refractivity contribution < 1.29 is 9.53 Å². The van der Waals surface area contributed by atoms with Gasteiger partial charge < -0.3 is 20.7 Å². The molecule has 0 aromatic carbocycles. The number of nitrogens with one attached hydrogen (secondary N) is 3. The molecule has 1 amide bonds. The summed E-state index contributed by atoms with van der Waals surface area (Å²) < 4.78 is 5.65. The zero-order valence-electron chi connectivity index (χ0n) is 15.6. The molecule has 0 spiro atoms. The third-order valence-electron chi connectivity index (χ3n) is 5.21. The highest BCUT2D eigenvalue weighted by Crippen LogP contribution is 2.28. The van der Waals surface area contributed by atoms with Crippen molar-refractivity contribution in [2.24, 2.45) is 16.8 Å². The number of guanidine groups is 1. The van der Waals surface area contributed by atoms with E-state index in [2.05, 4.69) is 27.9 Å². The van der Waals surface area contributed by atoms with Crippen LogP contribution in [0.3, 0.4) is 0 Å². The first-order chi connectivity index (χ1) is 12.2. The van der Waals surface area contributed by atoms with E-state index in [1.54, 1.807) is 0 Å². The number of hydrogen-bond donors (Lipinski definition) is 3. The second-order valence-electron chi connectivity index (χ2n) is 7.77. The van der Waals surface area contributed by atoms with Crippen LogP contribution in [-0.2, 0) is 9.53 Å². The topological polar surface area (TPSA) is 74.8 Å². The molecular formula is C19H34N4O2. The van der Waals surface area contributed by atoms with Gasteiger partial charge in [-0.1, -0.05) is 6.42 Å². The van der Waals surface area contributed by atoms with E-state index >= 15 is 0 Å². The Morgan fingerprint density at radius 1 is 1.08 bits per heavy atom. The Balaban J connectivity index is 1.40. The third kappa shape index (κ3) is 6.84. The van der Waals surface area contributed by atoms with Gasteiger partial charge >= 0.3 is 0 Å². The SMILES string of the molecule is CCNC(=NCCOCC1CC1)NC1CCCC(C(=O)NC2CC2)C1. The quantitative estimate of drug-likeness (QED) is 0.337. The average molecular weight is 351 g/mol. The summed E-state index contributed by atoms with van der Waals surface area (Å²) in [5, 5.41) is 9.99.